The molecule has 0 bridgehead atoms. The molecule has 0 aliphatic heterocycles. The van der Waals surface area contributed by atoms with E-state index in [-0.39, 0.29) is 0 Å². The number of benzene rings is 11. The van der Waals surface area contributed by atoms with E-state index in [0.29, 0.717) is 0 Å². The topological polar surface area (TPSA) is 21.3 Å². The van der Waals surface area contributed by atoms with Crippen molar-refractivity contribution >= 4 is 82.4 Å². The lowest BCUT2D eigenvalue weighted by atomic mass is 9.96. The largest absolute Gasteiger partial charge is 0.455 e. The quantitative estimate of drug-likeness (QED) is 0.149. The monoisotopic (exact) mass is 828 g/mol. The van der Waals surface area contributed by atoms with Gasteiger partial charge in [-0.3, -0.25) is 0 Å². The van der Waals surface area contributed by atoms with E-state index in [0.717, 1.165) is 61.4 Å². The molecule has 0 saturated heterocycles. The number of fused-ring (bicyclic) bond motifs is 9. The maximum atomic E-state index is 6.93. The highest BCUT2D eigenvalue weighted by Crippen LogP contribution is 2.49. The van der Waals surface area contributed by atoms with Gasteiger partial charge < -0.3 is 13.9 Å². The van der Waals surface area contributed by atoms with Crippen LogP contribution in [-0.2, 0) is 0 Å². The van der Waals surface area contributed by atoms with Crippen LogP contribution >= 0.6 is 0 Å². The fourth-order valence-corrected chi connectivity index (χ4v) is 10.2. The molecule has 304 valence electrons. The van der Waals surface area contributed by atoms with Crippen LogP contribution in [0.15, 0.2) is 247 Å². The summed E-state index contributed by atoms with van der Waals surface area (Å²) in [6.45, 7) is 0. The molecule has 3 nitrogen and oxygen atoms in total. The zero-order valence-electron chi connectivity index (χ0n) is 35.4. The number of hydrogen-bond donors (Lipinski definition) is 0. The van der Waals surface area contributed by atoms with E-state index < -0.39 is 0 Å². The van der Waals surface area contributed by atoms with Gasteiger partial charge in [-0.25, -0.2) is 0 Å². The Hall–Kier alpha value is -8.66. The molecule has 13 aromatic rings. The highest BCUT2D eigenvalue weighted by atomic mass is 16.3. The highest BCUT2D eigenvalue weighted by molar-refractivity contribution is 6.21. The second-order valence-corrected chi connectivity index (χ2v) is 16.8. The Morgan fingerprint density at radius 1 is 0.323 bits per heavy atom. The van der Waals surface area contributed by atoms with Gasteiger partial charge >= 0.3 is 0 Å². The first-order valence-corrected chi connectivity index (χ1v) is 22.3. The molecule has 3 heteroatoms. The third-order valence-electron chi connectivity index (χ3n) is 13.2. The summed E-state index contributed by atoms with van der Waals surface area (Å²) in [6, 6.07) is 87.6. The normalized spacial score (nSPS) is 11.7. The molecule has 65 heavy (non-hydrogen) atoms. The van der Waals surface area contributed by atoms with Crippen molar-refractivity contribution in [1.82, 2.24) is 4.57 Å². The van der Waals surface area contributed by atoms with Crippen LogP contribution in [0.2, 0.25) is 0 Å². The molecule has 11 aromatic carbocycles. The summed E-state index contributed by atoms with van der Waals surface area (Å²) >= 11 is 0. The predicted octanol–water partition coefficient (Wildman–Crippen LogP) is 17.5. The maximum Gasteiger partial charge on any atom is 0.145 e. The molecule has 0 aliphatic carbocycles. The van der Waals surface area contributed by atoms with E-state index in [9.17, 15) is 0 Å². The van der Waals surface area contributed by atoms with Crippen LogP contribution in [0, 0.1) is 0 Å². The first-order chi connectivity index (χ1) is 32.3. The standard InChI is InChI=1S/C62H40N2O/c1-3-15-41(16-4-1)42-29-31-45(32-30-42)51-39-40-57(61-53-23-10-12-28-58(53)65-62(51)61)64(55-26-13-18-46-34-33-43-17-7-8-21-49(43)59(46)55)48-37-35-44(36-38-48)50-24-14-27-56-60(50)52-22-9-11-25-54(52)63(56)47-19-5-2-6-20-47/h1-40H. The van der Waals surface area contributed by atoms with Crippen molar-refractivity contribution in [3.8, 4) is 39.1 Å². The van der Waals surface area contributed by atoms with Gasteiger partial charge in [-0.1, -0.05) is 182 Å². The maximum absolute atomic E-state index is 6.93. The average molecular weight is 829 g/mol. The minimum absolute atomic E-state index is 0.860. The molecule has 2 aromatic heterocycles. The second kappa shape index (κ2) is 15.0. The van der Waals surface area contributed by atoms with E-state index in [1.54, 1.807) is 0 Å². The van der Waals surface area contributed by atoms with Crippen molar-refractivity contribution in [1.29, 1.82) is 0 Å². The second-order valence-electron chi connectivity index (χ2n) is 16.8. The molecule has 2 heterocycles. The minimum Gasteiger partial charge on any atom is -0.455 e. The first-order valence-electron chi connectivity index (χ1n) is 22.3. The van der Waals surface area contributed by atoms with E-state index in [2.05, 4.69) is 252 Å². The Morgan fingerprint density at radius 2 is 0.908 bits per heavy atom. The number of aromatic nitrogens is 1. The van der Waals surface area contributed by atoms with Crippen LogP contribution in [0.3, 0.4) is 0 Å². The molecule has 0 radical (unpaired) electrons. The van der Waals surface area contributed by atoms with Crippen molar-refractivity contribution in [2.45, 2.75) is 0 Å². The number of anilines is 3. The highest BCUT2D eigenvalue weighted by Gasteiger charge is 2.24. The third-order valence-corrected chi connectivity index (χ3v) is 13.2. The molecular formula is C62H40N2O. The lowest BCUT2D eigenvalue weighted by Gasteiger charge is -2.28. The van der Waals surface area contributed by atoms with E-state index in [1.165, 1.54) is 60.0 Å². The Morgan fingerprint density at radius 3 is 1.74 bits per heavy atom. The minimum atomic E-state index is 0.860. The molecule has 0 amide bonds. The van der Waals surface area contributed by atoms with Crippen molar-refractivity contribution in [2.24, 2.45) is 0 Å². The van der Waals surface area contributed by atoms with Crippen LogP contribution in [-0.4, -0.2) is 4.57 Å². The molecule has 0 atom stereocenters. The summed E-state index contributed by atoms with van der Waals surface area (Å²) in [7, 11) is 0. The third kappa shape index (κ3) is 5.97. The van der Waals surface area contributed by atoms with Gasteiger partial charge in [0, 0.05) is 38.5 Å². The van der Waals surface area contributed by atoms with Gasteiger partial charge in [0.1, 0.15) is 11.2 Å². The lowest BCUT2D eigenvalue weighted by molar-refractivity contribution is 0.670. The van der Waals surface area contributed by atoms with Gasteiger partial charge in [0.15, 0.2) is 0 Å². The molecule has 0 N–H and O–H groups in total. The average Bonchev–Trinajstić information content (AvgIpc) is 3.94. The van der Waals surface area contributed by atoms with Crippen LogP contribution in [0.5, 0.6) is 0 Å². The summed E-state index contributed by atoms with van der Waals surface area (Å²) in [5.74, 6) is 0. The summed E-state index contributed by atoms with van der Waals surface area (Å²) < 4.78 is 9.32. The van der Waals surface area contributed by atoms with E-state index >= 15 is 0 Å². The lowest BCUT2D eigenvalue weighted by Crippen LogP contribution is -2.11. The molecule has 0 unspecified atom stereocenters. The van der Waals surface area contributed by atoms with Gasteiger partial charge in [-0.05, 0) is 105 Å². The van der Waals surface area contributed by atoms with E-state index in [1.807, 2.05) is 0 Å². The Balaban J connectivity index is 1.03. The fraction of sp³-hybridized carbons (Fsp3) is 0. The zero-order chi connectivity index (χ0) is 42.8. The molecular weight excluding hydrogens is 789 g/mol. The Bertz CT molecular complexity index is 3920. The van der Waals surface area contributed by atoms with Crippen molar-refractivity contribution in [3.05, 3.63) is 243 Å². The summed E-state index contributed by atoms with van der Waals surface area (Å²) in [6.07, 6.45) is 0. The van der Waals surface area contributed by atoms with Gasteiger partial charge in [0.05, 0.1) is 27.8 Å². The zero-order valence-corrected chi connectivity index (χ0v) is 35.4. The molecule has 0 saturated carbocycles. The predicted molar refractivity (Wildman–Crippen MR) is 274 cm³/mol. The van der Waals surface area contributed by atoms with Crippen LogP contribution in [0.4, 0.5) is 17.1 Å². The fourth-order valence-electron chi connectivity index (χ4n) is 10.2. The number of para-hydroxylation sites is 3. The summed E-state index contributed by atoms with van der Waals surface area (Å²) in [5.41, 5.74) is 15.4. The molecule has 0 aliphatic rings. The number of furan rings is 1. The number of rotatable bonds is 7. The van der Waals surface area contributed by atoms with Crippen LogP contribution in [0.1, 0.15) is 0 Å². The number of hydrogen-bond acceptors (Lipinski definition) is 2. The van der Waals surface area contributed by atoms with Gasteiger partial charge in [0.25, 0.3) is 0 Å². The van der Waals surface area contributed by atoms with Crippen molar-refractivity contribution in [3.63, 3.8) is 0 Å². The van der Waals surface area contributed by atoms with Crippen molar-refractivity contribution in [2.75, 3.05) is 4.90 Å². The van der Waals surface area contributed by atoms with E-state index in [4.69, 9.17) is 4.42 Å². The molecule has 0 fully saturated rings. The molecule has 13 rings (SSSR count). The van der Waals surface area contributed by atoms with Crippen molar-refractivity contribution < 1.29 is 4.42 Å². The number of nitrogens with zero attached hydrogens (tertiary/aromatic N) is 2. The van der Waals surface area contributed by atoms with Gasteiger partial charge in [-0.15, -0.1) is 0 Å². The summed E-state index contributed by atoms with van der Waals surface area (Å²) in [5, 5.41) is 9.45. The SMILES string of the molecule is c1ccc(-c2ccc(-c3ccc(N(c4ccc(-c5cccc6c5c5ccccc5n6-c5ccccc5)cc4)c4cccc5ccc6ccccc6c45)c4c3oc3ccccc34)cc2)cc1. The summed E-state index contributed by atoms with van der Waals surface area (Å²) in [4.78, 5) is 2.45. The Labute approximate surface area is 376 Å². The van der Waals surface area contributed by atoms with Crippen LogP contribution < -0.4 is 4.90 Å². The smallest absolute Gasteiger partial charge is 0.145 e. The van der Waals surface area contributed by atoms with Gasteiger partial charge in [-0.2, -0.15) is 0 Å². The first kappa shape index (κ1) is 36.9. The van der Waals surface area contributed by atoms with Gasteiger partial charge in [0.2, 0.25) is 0 Å². The van der Waals surface area contributed by atoms with Crippen LogP contribution in [0.25, 0.3) is 104 Å². The Kier molecular flexibility index (Phi) is 8.53. The molecule has 0 spiro atoms.